The van der Waals surface area contributed by atoms with Crippen LogP contribution in [0, 0.1) is 0 Å². The molecule has 6 saturated heterocycles. The molecule has 0 spiro atoms. The number of rotatable bonds is 56. The van der Waals surface area contributed by atoms with E-state index in [-0.39, 0.29) is 12.3 Å². The number of nitrogens with one attached hydrogen (secondary N) is 2. The van der Waals surface area contributed by atoms with E-state index in [2.05, 4.69) is 24.5 Å². The number of unbranched alkanes of at least 4 members (excludes halogenated alkanes) is 31. The molecule has 0 bridgehead atoms. The first-order chi connectivity index (χ1) is 54.9. The van der Waals surface area contributed by atoms with Crippen molar-refractivity contribution < 1.29 is 158 Å². The monoisotopic (exact) mass is 1650 g/mol. The second-order valence-electron chi connectivity index (χ2n) is 32.0. The molecule has 32 atom stereocenters. The number of carbonyl (C=O) groups is 2. The van der Waals surface area contributed by atoms with Crippen molar-refractivity contribution in [3.63, 3.8) is 0 Å². The number of ether oxygens (including phenoxy) is 12. The van der Waals surface area contributed by atoms with Crippen molar-refractivity contribution >= 4 is 11.8 Å². The summed E-state index contributed by atoms with van der Waals surface area (Å²) in [5.41, 5.74) is 0. The molecule has 2 amide bonds. The van der Waals surface area contributed by atoms with Gasteiger partial charge in [0.1, 0.15) is 140 Å². The van der Waals surface area contributed by atoms with Gasteiger partial charge in [0, 0.05) is 13.3 Å². The molecule has 20 N–H and O–H groups in total. The zero-order valence-corrected chi connectivity index (χ0v) is 67.7. The summed E-state index contributed by atoms with van der Waals surface area (Å²) >= 11 is 0. The van der Waals surface area contributed by atoms with Crippen molar-refractivity contribution in [2.75, 3.05) is 39.6 Å². The molecule has 6 rings (SSSR count). The lowest BCUT2D eigenvalue weighted by molar-refractivity contribution is -0.404. The van der Waals surface area contributed by atoms with Gasteiger partial charge in [-0.25, -0.2) is 0 Å². The summed E-state index contributed by atoms with van der Waals surface area (Å²) < 4.78 is 71.9. The maximum atomic E-state index is 13.6. The average molecular weight is 1650 g/mol. The van der Waals surface area contributed by atoms with Gasteiger partial charge in [0.2, 0.25) is 11.8 Å². The van der Waals surface area contributed by atoms with Gasteiger partial charge >= 0.3 is 0 Å². The summed E-state index contributed by atoms with van der Waals surface area (Å²) in [6.07, 6.45) is -14.9. The smallest absolute Gasteiger partial charge is 0.220 e. The van der Waals surface area contributed by atoms with E-state index >= 15 is 0 Å². The third kappa shape index (κ3) is 31.4. The molecule has 6 aliphatic heterocycles. The third-order valence-corrected chi connectivity index (χ3v) is 22.8. The molecule has 6 fully saturated rings. The van der Waals surface area contributed by atoms with Gasteiger partial charge in [-0.2, -0.15) is 0 Å². The Bertz CT molecular complexity index is 2560. The number of hydrogen-bond acceptors (Lipinski definition) is 32. The van der Waals surface area contributed by atoms with Gasteiger partial charge in [-0.05, 0) is 26.2 Å². The number of carbonyl (C=O) groups excluding carboxylic acids is 2. The molecule has 34 heteroatoms. The highest BCUT2D eigenvalue weighted by Gasteiger charge is 2.59. The molecule has 0 saturated carbocycles. The minimum absolute atomic E-state index is 0.172. The molecule has 668 valence electrons. The maximum absolute atomic E-state index is 13.6. The molecule has 0 aromatic heterocycles. The summed E-state index contributed by atoms with van der Waals surface area (Å²) in [4.78, 5) is 26.9. The zero-order valence-electron chi connectivity index (χ0n) is 67.7. The fraction of sp³-hybridized carbons (Fsp3) is 0.950. The summed E-state index contributed by atoms with van der Waals surface area (Å²) in [6.45, 7) is 1.23. The quantitative estimate of drug-likeness (QED) is 0.0296. The summed E-state index contributed by atoms with van der Waals surface area (Å²) in [5.74, 6) is -1.25. The van der Waals surface area contributed by atoms with Gasteiger partial charge in [0.15, 0.2) is 37.7 Å². The first-order valence-electron chi connectivity index (χ1n) is 42.8. The molecule has 0 radical (unpaired) electrons. The molecule has 0 aromatic carbocycles. The lowest BCUT2D eigenvalue weighted by Crippen LogP contribution is -2.71. The highest BCUT2D eigenvalue weighted by atomic mass is 16.8. The van der Waals surface area contributed by atoms with Crippen LogP contribution in [0.3, 0.4) is 0 Å². The van der Waals surface area contributed by atoms with Crippen LogP contribution in [0.25, 0.3) is 0 Å². The van der Waals surface area contributed by atoms with Crippen LogP contribution in [0.1, 0.15) is 246 Å². The van der Waals surface area contributed by atoms with Gasteiger partial charge in [-0.3, -0.25) is 9.59 Å². The Kier molecular flexibility index (Phi) is 48.2. The molecular weight excluding hydrogens is 1500 g/mol. The van der Waals surface area contributed by atoms with Crippen LogP contribution in [0.2, 0.25) is 0 Å². The second-order valence-corrected chi connectivity index (χ2v) is 32.0. The highest BCUT2D eigenvalue weighted by molar-refractivity contribution is 5.76. The van der Waals surface area contributed by atoms with E-state index in [0.29, 0.717) is 12.8 Å². The van der Waals surface area contributed by atoms with Gasteiger partial charge in [0.05, 0.1) is 57.9 Å². The second kappa shape index (κ2) is 54.8. The normalized spacial score (nSPS) is 36.8. The van der Waals surface area contributed by atoms with Crippen LogP contribution in [0.4, 0.5) is 0 Å². The Labute approximate surface area is 672 Å². The van der Waals surface area contributed by atoms with E-state index in [0.717, 1.165) is 58.3 Å². The molecule has 0 aromatic rings. The summed E-state index contributed by atoms with van der Waals surface area (Å²) in [7, 11) is 0. The minimum atomic E-state index is -2.24. The standard InChI is InChI=1S/C80H146N2O32/c1-5-7-9-11-13-15-17-19-20-21-22-23-24-25-26-28-30-32-34-36-38-40-56(90)82-49(50(89)39-37-35-33-31-29-27-18-16-14-12-10-8-6-2)46-103-76-68(101)65(98)70(55(45-87)109-76)110-79-69(102)72(61(94)53(43-85)107-79)112-75-57(81-48(4)88)71(60(93)52(42-84)105-75)111-80-74(114-77-66(99)63(96)58(91)47(3)104-77)73(62(95)54(44-86)108-80)113-78-67(100)64(97)59(92)51(41-83)106-78/h37,39,47,49-55,57-80,83-87,89,91-102H,5-36,38,40-46H2,1-4H3,(H,81,88)(H,82,90)/b39-37+/t47?,49-,50+,51?,52?,53?,54?,55?,57?,58+,59-,60+,61-,62-,63?,64-,65+,66-,67?,68?,69?,70+,71+,72-,73-,74?,75-,76+,77+,78+,79-,80-/m0/s1. The minimum Gasteiger partial charge on any atom is -0.394 e. The number of aliphatic hydroxyl groups is 18. The number of hydrogen-bond donors (Lipinski definition) is 20. The van der Waals surface area contributed by atoms with Gasteiger partial charge in [0.25, 0.3) is 0 Å². The Balaban J connectivity index is 1.11. The van der Waals surface area contributed by atoms with E-state index in [9.17, 15) is 102 Å². The predicted octanol–water partition coefficient (Wildman–Crippen LogP) is 0.800. The number of aliphatic hydroxyl groups excluding tert-OH is 18. The van der Waals surface area contributed by atoms with E-state index in [1.54, 1.807) is 6.08 Å². The Hall–Kier alpha value is -2.52. The SMILES string of the molecule is CCCCCCCCCCCCC/C=C/[C@@H](O)[C@H](CO[C@@H]1OC(CO)[C@@H](O[C@@H]2OC(CO)[C@H](O)[C@H](O[C@@H]3OC(CO)[C@@H](O)[C@H](O[C@@H]4OC(CO)[C@H](O)[C@H](O[C@H]5OC(CO)[C@H](O)[C@H](O)C5O)C4O[C@H]4OC(C)[C@@H](O)C(O)[C@@H]4O)C3NC(C)=O)C2O)[C@H](O)C1O)NC(=O)CCCCCCCCCCCCCCCCCCCCCCC. The summed E-state index contributed by atoms with van der Waals surface area (Å²) in [6, 6.07) is -2.97. The Morgan fingerprint density at radius 2 is 0.719 bits per heavy atom. The van der Waals surface area contributed by atoms with E-state index in [1.807, 2.05) is 6.08 Å². The fourth-order valence-corrected chi connectivity index (χ4v) is 15.7. The molecular formula is C80H146N2O32. The highest BCUT2D eigenvalue weighted by Crippen LogP contribution is 2.39. The third-order valence-electron chi connectivity index (χ3n) is 22.8. The topological polar surface area (TPSA) is 533 Å². The Morgan fingerprint density at radius 3 is 1.20 bits per heavy atom. The fourth-order valence-electron chi connectivity index (χ4n) is 15.7. The van der Waals surface area contributed by atoms with Gasteiger partial charge < -0.3 is 159 Å². The summed E-state index contributed by atoms with van der Waals surface area (Å²) in [5, 5.41) is 206. The van der Waals surface area contributed by atoms with Crippen molar-refractivity contribution in [3.05, 3.63) is 12.2 Å². The van der Waals surface area contributed by atoms with Gasteiger partial charge in [-0.15, -0.1) is 0 Å². The first kappa shape index (κ1) is 100. The largest absolute Gasteiger partial charge is 0.394 e. The van der Waals surface area contributed by atoms with Crippen molar-refractivity contribution in [3.8, 4) is 0 Å². The molecule has 34 nitrogen and oxygen atoms in total. The van der Waals surface area contributed by atoms with Crippen molar-refractivity contribution in [1.82, 2.24) is 10.6 Å². The van der Waals surface area contributed by atoms with Crippen molar-refractivity contribution in [1.29, 1.82) is 0 Å². The van der Waals surface area contributed by atoms with Gasteiger partial charge in [-0.1, -0.05) is 219 Å². The van der Waals surface area contributed by atoms with E-state index in [1.165, 1.54) is 155 Å². The molecule has 12 unspecified atom stereocenters. The molecule has 0 aliphatic carbocycles. The van der Waals surface area contributed by atoms with Crippen LogP contribution in [0.5, 0.6) is 0 Å². The first-order valence-corrected chi connectivity index (χ1v) is 42.8. The van der Waals surface area contributed by atoms with Crippen LogP contribution >= 0.6 is 0 Å². The van der Waals surface area contributed by atoms with Crippen molar-refractivity contribution in [2.45, 2.75) is 442 Å². The average Bonchev–Trinajstić information content (AvgIpc) is 0.760. The zero-order chi connectivity index (χ0) is 83.2. The van der Waals surface area contributed by atoms with Crippen LogP contribution < -0.4 is 10.6 Å². The van der Waals surface area contributed by atoms with Crippen LogP contribution in [0.15, 0.2) is 12.2 Å². The maximum Gasteiger partial charge on any atom is 0.220 e. The van der Waals surface area contributed by atoms with Crippen LogP contribution in [-0.2, 0) is 66.4 Å². The number of allylic oxidation sites excluding steroid dienone is 1. The lowest BCUT2D eigenvalue weighted by atomic mass is 9.94. The van der Waals surface area contributed by atoms with E-state index < -0.39 is 242 Å². The Morgan fingerprint density at radius 1 is 0.360 bits per heavy atom. The molecule has 6 heterocycles. The lowest BCUT2D eigenvalue weighted by Gasteiger charge is -2.51. The molecule has 6 aliphatic rings. The molecule has 114 heavy (non-hydrogen) atoms. The van der Waals surface area contributed by atoms with Crippen LogP contribution in [-0.4, -0.2) is 340 Å². The number of amides is 2. The predicted molar refractivity (Wildman–Crippen MR) is 408 cm³/mol. The van der Waals surface area contributed by atoms with Crippen molar-refractivity contribution in [2.24, 2.45) is 0 Å². The van der Waals surface area contributed by atoms with E-state index in [4.69, 9.17) is 56.8 Å².